The van der Waals surface area contributed by atoms with Crippen molar-refractivity contribution >= 4 is 0 Å². The maximum atomic E-state index is 9.98. The molecule has 1 aromatic carbocycles. The zero-order chi connectivity index (χ0) is 12.1. The van der Waals surface area contributed by atoms with Crippen LogP contribution in [0.15, 0.2) is 30.3 Å². The van der Waals surface area contributed by atoms with Crippen LogP contribution in [0.1, 0.15) is 19.8 Å². The Balaban J connectivity index is 1.72. The number of likely N-dealkylation sites (tertiary alicyclic amines) is 1. The Bertz CT molecular complexity index is 337. The number of hydrogen-bond donors (Lipinski definition) is 1. The summed E-state index contributed by atoms with van der Waals surface area (Å²) in [6, 6.07) is 9.86. The second-order valence-corrected chi connectivity index (χ2v) is 5.04. The zero-order valence-corrected chi connectivity index (χ0v) is 10.4. The fourth-order valence-corrected chi connectivity index (χ4v) is 2.32. The van der Waals surface area contributed by atoms with Crippen molar-refractivity contribution in [1.82, 2.24) is 4.90 Å². The summed E-state index contributed by atoms with van der Waals surface area (Å²) in [6.07, 6.45) is 1.97. The van der Waals surface area contributed by atoms with Gasteiger partial charge in [-0.15, -0.1) is 0 Å². The fraction of sp³-hybridized carbons (Fsp3) is 0.571. The van der Waals surface area contributed by atoms with Gasteiger partial charge >= 0.3 is 0 Å². The van der Waals surface area contributed by atoms with Crippen molar-refractivity contribution in [3.8, 4) is 5.75 Å². The molecule has 0 amide bonds. The Labute approximate surface area is 103 Å². The third kappa shape index (κ3) is 4.02. The third-order valence-corrected chi connectivity index (χ3v) is 3.17. The molecule has 1 saturated heterocycles. The predicted molar refractivity (Wildman–Crippen MR) is 68.2 cm³/mol. The van der Waals surface area contributed by atoms with Gasteiger partial charge < -0.3 is 9.84 Å². The van der Waals surface area contributed by atoms with Crippen molar-refractivity contribution in [3.63, 3.8) is 0 Å². The first-order valence-corrected chi connectivity index (χ1v) is 6.28. The predicted octanol–water partition coefficient (Wildman–Crippen LogP) is 1.91. The van der Waals surface area contributed by atoms with Crippen molar-refractivity contribution in [2.75, 3.05) is 26.2 Å². The van der Waals surface area contributed by atoms with Crippen molar-refractivity contribution in [3.05, 3.63) is 30.3 Å². The average molecular weight is 235 g/mol. The van der Waals surface area contributed by atoms with E-state index >= 15 is 0 Å². The van der Waals surface area contributed by atoms with E-state index in [1.54, 1.807) is 0 Å². The molecule has 0 radical (unpaired) electrons. The molecular weight excluding hydrogens is 214 g/mol. The molecule has 1 atom stereocenters. The van der Waals surface area contributed by atoms with Crippen molar-refractivity contribution in [2.24, 2.45) is 0 Å². The molecule has 0 bridgehead atoms. The van der Waals surface area contributed by atoms with Crippen molar-refractivity contribution in [2.45, 2.75) is 25.4 Å². The van der Waals surface area contributed by atoms with Gasteiger partial charge in [-0.25, -0.2) is 0 Å². The van der Waals surface area contributed by atoms with E-state index in [1.165, 1.54) is 0 Å². The molecule has 2 rings (SSSR count). The van der Waals surface area contributed by atoms with E-state index in [-0.39, 0.29) is 0 Å². The number of nitrogens with zero attached hydrogens (tertiary/aromatic N) is 1. The van der Waals surface area contributed by atoms with Gasteiger partial charge in [-0.3, -0.25) is 4.90 Å². The van der Waals surface area contributed by atoms with Crippen molar-refractivity contribution in [1.29, 1.82) is 0 Å². The summed E-state index contributed by atoms with van der Waals surface area (Å²) in [4.78, 5) is 2.27. The quantitative estimate of drug-likeness (QED) is 0.865. The molecule has 1 N–H and O–H groups in total. The van der Waals surface area contributed by atoms with Gasteiger partial charge in [0.2, 0.25) is 0 Å². The largest absolute Gasteiger partial charge is 0.492 e. The summed E-state index contributed by atoms with van der Waals surface area (Å²) in [5, 5.41) is 9.98. The lowest BCUT2D eigenvalue weighted by Gasteiger charge is -2.36. The van der Waals surface area contributed by atoms with Crippen LogP contribution in [0.5, 0.6) is 5.75 Å². The summed E-state index contributed by atoms with van der Waals surface area (Å²) in [6.45, 7) is 5.29. The zero-order valence-electron chi connectivity index (χ0n) is 10.4. The second kappa shape index (κ2) is 5.52. The minimum atomic E-state index is -0.523. The SMILES string of the molecule is CC1(O)CCCN(CCOc2ccccc2)C1. The van der Waals surface area contributed by atoms with Gasteiger partial charge in [0.05, 0.1) is 5.60 Å². The van der Waals surface area contributed by atoms with Gasteiger partial charge in [0.15, 0.2) is 0 Å². The number of aliphatic hydroxyl groups is 1. The summed E-state index contributed by atoms with van der Waals surface area (Å²) in [5.74, 6) is 0.913. The highest BCUT2D eigenvalue weighted by Gasteiger charge is 2.27. The summed E-state index contributed by atoms with van der Waals surface area (Å²) in [7, 11) is 0. The molecule has 1 fully saturated rings. The van der Waals surface area contributed by atoms with Gasteiger partial charge in [0.1, 0.15) is 12.4 Å². The molecule has 3 heteroatoms. The van der Waals surface area contributed by atoms with Gasteiger partial charge in [-0.2, -0.15) is 0 Å². The minimum absolute atomic E-state index is 0.523. The lowest BCUT2D eigenvalue weighted by atomic mass is 9.95. The molecule has 1 aliphatic heterocycles. The highest BCUT2D eigenvalue weighted by Crippen LogP contribution is 2.19. The first-order chi connectivity index (χ1) is 8.16. The van der Waals surface area contributed by atoms with E-state index in [0.717, 1.165) is 38.2 Å². The smallest absolute Gasteiger partial charge is 0.119 e. The van der Waals surface area contributed by atoms with Crippen molar-refractivity contribution < 1.29 is 9.84 Å². The Morgan fingerprint density at radius 1 is 1.35 bits per heavy atom. The van der Waals surface area contributed by atoms with E-state index in [1.807, 2.05) is 37.3 Å². The van der Waals surface area contributed by atoms with E-state index in [0.29, 0.717) is 6.61 Å². The van der Waals surface area contributed by atoms with Crippen LogP contribution in [0, 0.1) is 0 Å². The number of benzene rings is 1. The van der Waals surface area contributed by atoms with E-state index < -0.39 is 5.60 Å². The van der Waals surface area contributed by atoms with Crippen LogP contribution in [0.2, 0.25) is 0 Å². The normalized spacial score (nSPS) is 25.8. The highest BCUT2D eigenvalue weighted by molar-refractivity contribution is 5.20. The molecule has 3 nitrogen and oxygen atoms in total. The molecule has 0 spiro atoms. The third-order valence-electron chi connectivity index (χ3n) is 3.17. The van der Waals surface area contributed by atoms with E-state index in [9.17, 15) is 5.11 Å². The minimum Gasteiger partial charge on any atom is -0.492 e. The molecule has 1 unspecified atom stereocenters. The van der Waals surface area contributed by atoms with E-state index in [4.69, 9.17) is 4.74 Å². The van der Waals surface area contributed by atoms with Crippen LogP contribution in [-0.4, -0.2) is 41.8 Å². The Morgan fingerprint density at radius 2 is 2.12 bits per heavy atom. The lowest BCUT2D eigenvalue weighted by molar-refractivity contribution is -0.0183. The molecular formula is C14H21NO2. The van der Waals surface area contributed by atoms with Crippen LogP contribution in [0.25, 0.3) is 0 Å². The van der Waals surface area contributed by atoms with Gasteiger partial charge in [0, 0.05) is 13.1 Å². The molecule has 0 aliphatic carbocycles. The van der Waals surface area contributed by atoms with Gasteiger partial charge in [0.25, 0.3) is 0 Å². The molecule has 0 saturated carbocycles. The number of rotatable bonds is 4. The van der Waals surface area contributed by atoms with Crippen LogP contribution in [0.4, 0.5) is 0 Å². The fourth-order valence-electron chi connectivity index (χ4n) is 2.32. The van der Waals surface area contributed by atoms with Gasteiger partial charge in [-0.05, 0) is 38.4 Å². The van der Waals surface area contributed by atoms with Crippen LogP contribution >= 0.6 is 0 Å². The van der Waals surface area contributed by atoms with Crippen LogP contribution < -0.4 is 4.74 Å². The maximum absolute atomic E-state index is 9.98. The molecule has 94 valence electrons. The number of hydrogen-bond acceptors (Lipinski definition) is 3. The van der Waals surface area contributed by atoms with Gasteiger partial charge in [-0.1, -0.05) is 18.2 Å². The van der Waals surface area contributed by atoms with E-state index in [2.05, 4.69) is 4.90 Å². The Morgan fingerprint density at radius 3 is 2.82 bits per heavy atom. The average Bonchev–Trinajstić information content (AvgIpc) is 2.29. The second-order valence-electron chi connectivity index (χ2n) is 5.04. The Hall–Kier alpha value is -1.06. The first-order valence-electron chi connectivity index (χ1n) is 6.28. The molecule has 1 aromatic rings. The van der Waals surface area contributed by atoms with Crippen LogP contribution in [0.3, 0.4) is 0 Å². The number of para-hydroxylation sites is 1. The lowest BCUT2D eigenvalue weighted by Crippen LogP contribution is -2.47. The summed E-state index contributed by atoms with van der Waals surface area (Å²) < 4.78 is 5.65. The number of piperidine rings is 1. The maximum Gasteiger partial charge on any atom is 0.119 e. The molecule has 0 aromatic heterocycles. The number of β-amino-alcohol motifs (C(OH)–C–C–N with tert-alkyl or cyclic N) is 1. The monoisotopic (exact) mass is 235 g/mol. The van der Waals surface area contributed by atoms with Crippen LogP contribution in [-0.2, 0) is 0 Å². The summed E-state index contributed by atoms with van der Waals surface area (Å²) >= 11 is 0. The molecule has 1 heterocycles. The highest BCUT2D eigenvalue weighted by atomic mass is 16.5. The number of ether oxygens (including phenoxy) is 1. The Kier molecular flexibility index (Phi) is 4.02. The molecule has 17 heavy (non-hydrogen) atoms. The molecule has 1 aliphatic rings. The first kappa shape index (κ1) is 12.4. The topological polar surface area (TPSA) is 32.7 Å². The standard InChI is InChI=1S/C14H21NO2/c1-14(16)8-5-9-15(12-14)10-11-17-13-6-3-2-4-7-13/h2-4,6-7,16H,5,8-12H2,1H3. The summed E-state index contributed by atoms with van der Waals surface area (Å²) in [5.41, 5.74) is -0.523.